The highest BCUT2D eigenvalue weighted by molar-refractivity contribution is 7.13. The van der Waals surface area contributed by atoms with Crippen LogP contribution >= 0.6 is 22.7 Å². The second-order valence-corrected chi connectivity index (χ2v) is 5.89. The van der Waals surface area contributed by atoms with Gasteiger partial charge in [-0.25, -0.2) is 9.97 Å². The predicted octanol–water partition coefficient (Wildman–Crippen LogP) is 3.85. The van der Waals surface area contributed by atoms with Gasteiger partial charge in [-0.05, 0) is 13.8 Å². The quantitative estimate of drug-likeness (QED) is 0.934. The van der Waals surface area contributed by atoms with Crippen molar-refractivity contribution in [2.75, 3.05) is 5.32 Å². The highest BCUT2D eigenvalue weighted by atomic mass is 32.1. The third-order valence-electron chi connectivity index (χ3n) is 2.20. The van der Waals surface area contributed by atoms with E-state index < -0.39 is 11.9 Å². The topological polar surface area (TPSA) is 37.8 Å². The van der Waals surface area contributed by atoms with Crippen LogP contribution in [0, 0.1) is 13.8 Å². The standard InChI is InChI=1S/C10H10F3N3S2/c1-5-7(15-6(2)18-5)3-14-9-16-8(4-17-9)10(11,12)13/h4H,3H2,1-2H3,(H,14,16). The normalized spacial score (nSPS) is 11.8. The summed E-state index contributed by atoms with van der Waals surface area (Å²) in [5.41, 5.74) is -0.0116. The van der Waals surface area contributed by atoms with Gasteiger partial charge in [-0.1, -0.05) is 0 Å². The summed E-state index contributed by atoms with van der Waals surface area (Å²) in [6.07, 6.45) is -4.39. The van der Waals surface area contributed by atoms with Crippen molar-refractivity contribution in [1.82, 2.24) is 9.97 Å². The molecule has 0 aliphatic carbocycles. The number of hydrogen-bond donors (Lipinski definition) is 1. The van der Waals surface area contributed by atoms with Gasteiger partial charge in [0.05, 0.1) is 17.2 Å². The van der Waals surface area contributed by atoms with E-state index in [2.05, 4.69) is 15.3 Å². The molecule has 3 nitrogen and oxygen atoms in total. The van der Waals surface area contributed by atoms with Gasteiger partial charge in [-0.2, -0.15) is 13.2 Å². The molecule has 2 aromatic rings. The van der Waals surface area contributed by atoms with Crippen molar-refractivity contribution in [2.45, 2.75) is 26.6 Å². The van der Waals surface area contributed by atoms with Crippen LogP contribution in [0.15, 0.2) is 5.38 Å². The fourth-order valence-electron chi connectivity index (χ4n) is 1.38. The van der Waals surface area contributed by atoms with Crippen LogP contribution < -0.4 is 5.32 Å². The van der Waals surface area contributed by atoms with Crippen molar-refractivity contribution in [1.29, 1.82) is 0 Å². The third-order valence-corrected chi connectivity index (χ3v) is 3.93. The van der Waals surface area contributed by atoms with Crippen LogP contribution in [-0.4, -0.2) is 9.97 Å². The Hall–Kier alpha value is -1.15. The molecule has 98 valence electrons. The maximum atomic E-state index is 12.3. The van der Waals surface area contributed by atoms with Crippen molar-refractivity contribution in [3.05, 3.63) is 26.7 Å². The fourth-order valence-corrected chi connectivity index (χ4v) is 2.93. The first-order chi connectivity index (χ1) is 8.36. The molecular formula is C10H10F3N3S2. The van der Waals surface area contributed by atoms with Crippen LogP contribution in [-0.2, 0) is 12.7 Å². The summed E-state index contributed by atoms with van der Waals surface area (Å²) in [6, 6.07) is 0. The van der Waals surface area contributed by atoms with E-state index in [0.29, 0.717) is 6.54 Å². The zero-order valence-corrected chi connectivity index (χ0v) is 11.3. The first kappa shape index (κ1) is 13.3. The van der Waals surface area contributed by atoms with E-state index in [9.17, 15) is 13.2 Å². The number of anilines is 1. The van der Waals surface area contributed by atoms with Crippen molar-refractivity contribution in [2.24, 2.45) is 0 Å². The zero-order chi connectivity index (χ0) is 13.3. The van der Waals surface area contributed by atoms with Gasteiger partial charge in [-0.3, -0.25) is 0 Å². The molecule has 1 N–H and O–H groups in total. The number of nitrogens with one attached hydrogen (secondary N) is 1. The number of halogens is 3. The van der Waals surface area contributed by atoms with E-state index in [-0.39, 0.29) is 5.13 Å². The molecule has 0 fully saturated rings. The number of thiazole rings is 2. The molecule has 0 spiro atoms. The molecule has 0 amide bonds. The SMILES string of the molecule is Cc1nc(CNc2nc(C(F)(F)F)cs2)c(C)s1. The molecule has 0 saturated heterocycles. The zero-order valence-electron chi connectivity index (χ0n) is 9.63. The second kappa shape index (κ2) is 4.85. The summed E-state index contributed by atoms with van der Waals surface area (Å²) in [5, 5.41) is 5.06. The molecule has 18 heavy (non-hydrogen) atoms. The van der Waals surface area contributed by atoms with Crippen LogP contribution in [0.2, 0.25) is 0 Å². The lowest BCUT2D eigenvalue weighted by molar-refractivity contribution is -0.140. The summed E-state index contributed by atoms with van der Waals surface area (Å²) < 4.78 is 37.0. The number of alkyl halides is 3. The van der Waals surface area contributed by atoms with Crippen LogP contribution in [0.5, 0.6) is 0 Å². The molecule has 0 saturated carbocycles. The first-order valence-electron chi connectivity index (χ1n) is 5.06. The first-order valence-corrected chi connectivity index (χ1v) is 6.75. The van der Waals surface area contributed by atoms with Gasteiger partial charge in [-0.15, -0.1) is 22.7 Å². The van der Waals surface area contributed by atoms with E-state index in [1.165, 1.54) is 0 Å². The number of hydrogen-bond acceptors (Lipinski definition) is 5. The van der Waals surface area contributed by atoms with E-state index in [1.54, 1.807) is 11.3 Å². The number of nitrogens with zero attached hydrogens (tertiary/aromatic N) is 2. The van der Waals surface area contributed by atoms with Crippen LogP contribution in [0.25, 0.3) is 0 Å². The molecule has 0 atom stereocenters. The monoisotopic (exact) mass is 293 g/mol. The summed E-state index contributed by atoms with van der Waals surface area (Å²) >= 11 is 2.51. The van der Waals surface area contributed by atoms with Gasteiger partial charge in [0.2, 0.25) is 0 Å². The van der Waals surface area contributed by atoms with E-state index in [4.69, 9.17) is 0 Å². The number of aromatic nitrogens is 2. The highest BCUT2D eigenvalue weighted by Gasteiger charge is 2.33. The Bertz CT molecular complexity index is 545. The summed E-state index contributed by atoms with van der Waals surface area (Å²) in [5.74, 6) is 0. The third kappa shape index (κ3) is 2.99. The Morgan fingerprint density at radius 3 is 2.50 bits per heavy atom. The average Bonchev–Trinajstić information content (AvgIpc) is 2.81. The Kier molecular flexibility index (Phi) is 3.58. The van der Waals surface area contributed by atoms with Crippen molar-refractivity contribution < 1.29 is 13.2 Å². The molecule has 8 heteroatoms. The minimum absolute atomic E-state index is 0.257. The highest BCUT2D eigenvalue weighted by Crippen LogP contribution is 2.31. The van der Waals surface area contributed by atoms with Gasteiger partial charge in [0.25, 0.3) is 0 Å². The van der Waals surface area contributed by atoms with Gasteiger partial charge < -0.3 is 5.32 Å². The minimum Gasteiger partial charge on any atom is -0.356 e. The molecule has 0 aliphatic rings. The van der Waals surface area contributed by atoms with Gasteiger partial charge in [0, 0.05) is 10.3 Å². The lowest BCUT2D eigenvalue weighted by Crippen LogP contribution is -2.06. The lowest BCUT2D eigenvalue weighted by Gasteiger charge is -2.02. The largest absolute Gasteiger partial charge is 0.434 e. The molecule has 0 aromatic carbocycles. The molecule has 0 bridgehead atoms. The predicted molar refractivity (Wildman–Crippen MR) is 66.0 cm³/mol. The van der Waals surface area contributed by atoms with Crippen molar-refractivity contribution in [3.63, 3.8) is 0 Å². The molecule has 2 aromatic heterocycles. The summed E-state index contributed by atoms with van der Waals surface area (Å²) in [6.45, 7) is 4.22. The Labute approximate surface area is 110 Å². The van der Waals surface area contributed by atoms with Crippen LogP contribution in [0.1, 0.15) is 21.3 Å². The Morgan fingerprint density at radius 2 is 2.00 bits per heavy atom. The molecule has 0 unspecified atom stereocenters. The minimum atomic E-state index is -4.39. The molecular weight excluding hydrogens is 283 g/mol. The Morgan fingerprint density at radius 1 is 1.28 bits per heavy atom. The van der Waals surface area contributed by atoms with Crippen LogP contribution in [0.4, 0.5) is 18.3 Å². The maximum absolute atomic E-state index is 12.3. The van der Waals surface area contributed by atoms with E-state index in [1.807, 2.05) is 13.8 Å². The molecule has 2 rings (SSSR count). The average molecular weight is 293 g/mol. The number of aryl methyl sites for hydroxylation is 2. The van der Waals surface area contributed by atoms with E-state index in [0.717, 1.165) is 32.3 Å². The van der Waals surface area contributed by atoms with Crippen molar-refractivity contribution >= 4 is 27.8 Å². The molecule has 2 heterocycles. The maximum Gasteiger partial charge on any atom is 0.434 e. The fraction of sp³-hybridized carbons (Fsp3) is 0.400. The Balaban J connectivity index is 2.03. The summed E-state index contributed by atoms with van der Waals surface area (Å²) in [4.78, 5) is 8.85. The van der Waals surface area contributed by atoms with Gasteiger partial charge in [0.15, 0.2) is 10.8 Å². The summed E-state index contributed by atoms with van der Waals surface area (Å²) in [7, 11) is 0. The second-order valence-electron chi connectivity index (χ2n) is 3.62. The molecule has 0 radical (unpaired) electrons. The smallest absolute Gasteiger partial charge is 0.356 e. The van der Waals surface area contributed by atoms with Crippen molar-refractivity contribution in [3.8, 4) is 0 Å². The number of rotatable bonds is 3. The molecule has 0 aliphatic heterocycles. The van der Waals surface area contributed by atoms with Crippen LogP contribution in [0.3, 0.4) is 0 Å². The lowest BCUT2D eigenvalue weighted by atomic mass is 10.4. The van der Waals surface area contributed by atoms with Gasteiger partial charge in [0.1, 0.15) is 0 Å². The van der Waals surface area contributed by atoms with E-state index >= 15 is 0 Å². The van der Waals surface area contributed by atoms with Gasteiger partial charge >= 0.3 is 6.18 Å².